The maximum absolute atomic E-state index is 12.4. The number of carbonyl (C=O) groups is 1. The Labute approximate surface area is 116 Å². The van der Waals surface area contributed by atoms with Gasteiger partial charge in [0.25, 0.3) is 0 Å². The van der Waals surface area contributed by atoms with E-state index in [4.69, 9.17) is 4.74 Å². The first kappa shape index (κ1) is 14.8. The molecule has 0 aromatic rings. The summed E-state index contributed by atoms with van der Waals surface area (Å²) in [6.45, 7) is 10.1. The van der Waals surface area contributed by atoms with Gasteiger partial charge in [0.05, 0.1) is 19.1 Å². The van der Waals surface area contributed by atoms with E-state index >= 15 is 0 Å². The van der Waals surface area contributed by atoms with Crippen molar-refractivity contribution in [3.63, 3.8) is 0 Å². The summed E-state index contributed by atoms with van der Waals surface area (Å²) < 4.78 is 5.30. The first-order valence-corrected chi connectivity index (χ1v) is 7.47. The van der Waals surface area contributed by atoms with Gasteiger partial charge in [-0.25, -0.2) is 0 Å². The fourth-order valence-electron chi connectivity index (χ4n) is 2.73. The second-order valence-electron chi connectivity index (χ2n) is 6.03. The maximum atomic E-state index is 12.4. The maximum Gasteiger partial charge on any atom is 0.227 e. The Morgan fingerprint density at radius 1 is 1.37 bits per heavy atom. The molecule has 2 aliphatic heterocycles. The normalized spacial score (nSPS) is 28.7. The first-order valence-electron chi connectivity index (χ1n) is 7.47. The predicted molar refractivity (Wildman–Crippen MR) is 75.0 cm³/mol. The molecule has 0 aliphatic carbocycles. The van der Waals surface area contributed by atoms with E-state index in [1.165, 1.54) is 0 Å². The molecule has 0 aromatic heterocycles. The number of piperidine rings is 1. The number of amides is 1. The van der Waals surface area contributed by atoms with Gasteiger partial charge in [0, 0.05) is 32.2 Å². The third-order valence-corrected chi connectivity index (χ3v) is 3.84. The van der Waals surface area contributed by atoms with Crippen molar-refractivity contribution >= 4 is 5.91 Å². The molecule has 2 saturated heterocycles. The monoisotopic (exact) mass is 269 g/mol. The Balaban J connectivity index is 1.80. The third kappa shape index (κ3) is 4.44. The number of hydrogen-bond acceptors (Lipinski definition) is 4. The largest absolute Gasteiger partial charge is 0.378 e. The summed E-state index contributed by atoms with van der Waals surface area (Å²) in [5.74, 6) is 1.07. The molecule has 5 nitrogen and oxygen atoms in total. The van der Waals surface area contributed by atoms with E-state index < -0.39 is 0 Å². The van der Waals surface area contributed by atoms with E-state index in [1.807, 2.05) is 4.90 Å². The smallest absolute Gasteiger partial charge is 0.227 e. The fourth-order valence-corrected chi connectivity index (χ4v) is 2.73. The van der Waals surface area contributed by atoms with Crippen LogP contribution in [-0.4, -0.2) is 62.8 Å². The molecule has 0 saturated carbocycles. The molecule has 2 N–H and O–H groups in total. The van der Waals surface area contributed by atoms with Crippen molar-refractivity contribution in [3.8, 4) is 0 Å². The zero-order valence-electron chi connectivity index (χ0n) is 12.2. The van der Waals surface area contributed by atoms with Gasteiger partial charge in [0.15, 0.2) is 0 Å². The van der Waals surface area contributed by atoms with Gasteiger partial charge in [-0.3, -0.25) is 4.79 Å². The molecule has 0 unspecified atom stereocenters. The molecule has 1 amide bonds. The van der Waals surface area contributed by atoms with Crippen LogP contribution in [0.1, 0.15) is 20.3 Å². The molecule has 0 aromatic carbocycles. The molecule has 2 fully saturated rings. The topological polar surface area (TPSA) is 53.6 Å². The van der Waals surface area contributed by atoms with Crippen LogP contribution in [0.4, 0.5) is 0 Å². The Morgan fingerprint density at radius 3 is 2.79 bits per heavy atom. The zero-order chi connectivity index (χ0) is 13.7. The van der Waals surface area contributed by atoms with Crippen molar-refractivity contribution in [2.45, 2.75) is 26.3 Å². The van der Waals surface area contributed by atoms with E-state index in [9.17, 15) is 4.79 Å². The van der Waals surface area contributed by atoms with Crippen LogP contribution < -0.4 is 10.6 Å². The highest BCUT2D eigenvalue weighted by molar-refractivity contribution is 5.79. The van der Waals surface area contributed by atoms with Gasteiger partial charge < -0.3 is 20.3 Å². The van der Waals surface area contributed by atoms with Crippen LogP contribution in [0.15, 0.2) is 0 Å². The molecule has 0 spiro atoms. The number of rotatable bonds is 4. The molecular formula is C14H27N3O2. The Morgan fingerprint density at radius 2 is 2.11 bits per heavy atom. The lowest BCUT2D eigenvalue weighted by Gasteiger charge is -2.35. The van der Waals surface area contributed by atoms with E-state index in [1.54, 1.807) is 0 Å². The van der Waals surface area contributed by atoms with Crippen molar-refractivity contribution in [2.75, 3.05) is 45.9 Å². The highest BCUT2D eigenvalue weighted by Gasteiger charge is 2.30. The molecule has 2 heterocycles. The number of carbonyl (C=O) groups excluding carboxylic acids is 1. The molecule has 0 bridgehead atoms. The number of nitrogens with zero attached hydrogens (tertiary/aromatic N) is 1. The Bertz CT molecular complexity index is 290. The minimum Gasteiger partial charge on any atom is -0.378 e. The van der Waals surface area contributed by atoms with E-state index in [0.29, 0.717) is 31.1 Å². The van der Waals surface area contributed by atoms with Crippen LogP contribution in [0, 0.1) is 11.8 Å². The Kier molecular flexibility index (Phi) is 5.60. The van der Waals surface area contributed by atoms with Crippen molar-refractivity contribution in [3.05, 3.63) is 0 Å². The standard InChI is InChI=1S/C14H27N3O2/c1-11(2)8-16-13-7-12(9-15-10-13)14(18)17-3-5-19-6-4-17/h11-13,15-16H,3-10H2,1-2H3/t12-,13+/m1/s1. The summed E-state index contributed by atoms with van der Waals surface area (Å²) in [6.07, 6.45) is 0.954. The summed E-state index contributed by atoms with van der Waals surface area (Å²) in [7, 11) is 0. The fraction of sp³-hybridized carbons (Fsp3) is 0.929. The minimum absolute atomic E-state index is 0.122. The molecule has 5 heteroatoms. The second-order valence-corrected chi connectivity index (χ2v) is 6.03. The minimum atomic E-state index is 0.122. The number of ether oxygens (including phenoxy) is 1. The molecule has 19 heavy (non-hydrogen) atoms. The van der Waals surface area contributed by atoms with Crippen LogP contribution in [0.3, 0.4) is 0 Å². The van der Waals surface area contributed by atoms with Crippen molar-refractivity contribution < 1.29 is 9.53 Å². The second kappa shape index (κ2) is 7.22. The van der Waals surface area contributed by atoms with Crippen LogP contribution in [0.5, 0.6) is 0 Å². The lowest BCUT2D eigenvalue weighted by atomic mass is 9.94. The van der Waals surface area contributed by atoms with Crippen molar-refractivity contribution in [1.29, 1.82) is 0 Å². The van der Waals surface area contributed by atoms with Gasteiger partial charge in [0.2, 0.25) is 5.91 Å². The van der Waals surface area contributed by atoms with Gasteiger partial charge in [0.1, 0.15) is 0 Å². The Hall–Kier alpha value is -0.650. The van der Waals surface area contributed by atoms with Gasteiger partial charge in [-0.15, -0.1) is 0 Å². The molecule has 0 radical (unpaired) electrons. The van der Waals surface area contributed by atoms with Crippen molar-refractivity contribution in [1.82, 2.24) is 15.5 Å². The molecule has 2 rings (SSSR count). The van der Waals surface area contributed by atoms with Gasteiger partial charge in [-0.05, 0) is 18.9 Å². The molecular weight excluding hydrogens is 242 g/mol. The van der Waals surface area contributed by atoms with Gasteiger partial charge in [-0.2, -0.15) is 0 Å². The van der Waals surface area contributed by atoms with Gasteiger partial charge >= 0.3 is 0 Å². The van der Waals surface area contributed by atoms with Crippen LogP contribution in [0.25, 0.3) is 0 Å². The van der Waals surface area contributed by atoms with Crippen molar-refractivity contribution in [2.24, 2.45) is 11.8 Å². The lowest BCUT2D eigenvalue weighted by Crippen LogP contribution is -2.53. The van der Waals surface area contributed by atoms with Crippen LogP contribution >= 0.6 is 0 Å². The highest BCUT2D eigenvalue weighted by Crippen LogP contribution is 2.15. The average Bonchev–Trinajstić information content (AvgIpc) is 2.45. The number of hydrogen-bond donors (Lipinski definition) is 2. The average molecular weight is 269 g/mol. The summed E-state index contributed by atoms with van der Waals surface area (Å²) in [5.41, 5.74) is 0. The summed E-state index contributed by atoms with van der Waals surface area (Å²) in [4.78, 5) is 14.4. The third-order valence-electron chi connectivity index (χ3n) is 3.84. The van der Waals surface area contributed by atoms with E-state index in [2.05, 4.69) is 24.5 Å². The highest BCUT2D eigenvalue weighted by atomic mass is 16.5. The van der Waals surface area contributed by atoms with Gasteiger partial charge in [-0.1, -0.05) is 13.8 Å². The first-order chi connectivity index (χ1) is 9.16. The molecule has 2 aliphatic rings. The zero-order valence-corrected chi connectivity index (χ0v) is 12.2. The predicted octanol–water partition coefficient (Wildman–Crippen LogP) is 0.0689. The van der Waals surface area contributed by atoms with E-state index in [-0.39, 0.29) is 5.92 Å². The summed E-state index contributed by atoms with van der Waals surface area (Å²) in [6, 6.07) is 0.422. The van der Waals surface area contributed by atoms with Crippen LogP contribution in [-0.2, 0) is 9.53 Å². The van der Waals surface area contributed by atoms with Crippen LogP contribution in [0.2, 0.25) is 0 Å². The summed E-state index contributed by atoms with van der Waals surface area (Å²) >= 11 is 0. The quantitative estimate of drug-likeness (QED) is 0.758. The van der Waals surface area contributed by atoms with E-state index in [0.717, 1.165) is 39.1 Å². The SMILES string of the molecule is CC(C)CN[C@@H]1CNC[C@H](C(=O)N2CCOCC2)C1. The lowest BCUT2D eigenvalue weighted by molar-refractivity contribution is -0.140. The number of nitrogens with one attached hydrogen (secondary N) is 2. The number of morpholine rings is 1. The summed E-state index contributed by atoms with van der Waals surface area (Å²) in [5, 5.41) is 6.94. The molecule has 110 valence electrons. The molecule has 2 atom stereocenters.